The van der Waals surface area contributed by atoms with Crippen LogP contribution < -0.4 is 10.3 Å². The number of carbonyl (C=O) groups excluding carboxylic acids is 2. The number of rotatable bonds is 5. The fourth-order valence-electron chi connectivity index (χ4n) is 2.99. The second kappa shape index (κ2) is 8.78. The quantitative estimate of drug-likeness (QED) is 0.736. The SMILES string of the molecule is Cc1ccc(N2N=C(C(=O)Nc3ccc(C)c(S(=O)(=O)N(C)C)c3)CCC2=O)cc1Cl. The second-order valence-corrected chi connectivity index (χ2v) is 9.94. The molecule has 8 nitrogen and oxygen atoms in total. The molecule has 2 aromatic carbocycles. The lowest BCUT2D eigenvalue weighted by Crippen LogP contribution is -2.36. The van der Waals surface area contributed by atoms with Gasteiger partial charge in [0, 0.05) is 37.6 Å². The van der Waals surface area contributed by atoms with Crippen molar-refractivity contribution < 1.29 is 18.0 Å². The molecule has 1 heterocycles. The lowest BCUT2D eigenvalue weighted by molar-refractivity contribution is -0.118. The summed E-state index contributed by atoms with van der Waals surface area (Å²) in [6.07, 6.45) is 0.293. The highest BCUT2D eigenvalue weighted by molar-refractivity contribution is 7.89. The highest BCUT2D eigenvalue weighted by Crippen LogP contribution is 2.27. The van der Waals surface area contributed by atoms with Gasteiger partial charge in [-0.25, -0.2) is 17.7 Å². The molecule has 3 rings (SSSR count). The molecule has 0 atom stereocenters. The van der Waals surface area contributed by atoms with Crippen molar-refractivity contribution in [3.63, 3.8) is 0 Å². The van der Waals surface area contributed by atoms with Gasteiger partial charge in [-0.3, -0.25) is 9.59 Å². The number of benzene rings is 2. The number of hydrogen-bond donors (Lipinski definition) is 1. The molecule has 1 N–H and O–H groups in total. The third-order valence-corrected chi connectivity index (χ3v) is 7.26. The fourth-order valence-corrected chi connectivity index (χ4v) is 4.31. The van der Waals surface area contributed by atoms with Gasteiger partial charge in [-0.2, -0.15) is 5.10 Å². The fraction of sp³-hybridized carbons (Fsp3) is 0.286. The number of hydrogen-bond acceptors (Lipinski definition) is 5. The summed E-state index contributed by atoms with van der Waals surface area (Å²) in [5.74, 6) is -0.751. The van der Waals surface area contributed by atoms with Crippen molar-refractivity contribution in [1.82, 2.24) is 4.31 Å². The molecule has 0 fully saturated rings. The zero-order valence-corrected chi connectivity index (χ0v) is 19.2. The molecule has 0 spiro atoms. The zero-order valence-electron chi connectivity index (χ0n) is 17.6. The predicted octanol–water partition coefficient (Wildman–Crippen LogP) is 3.33. The molecular formula is C21H23ClN4O4S. The van der Waals surface area contributed by atoms with E-state index in [1.54, 1.807) is 37.3 Å². The molecule has 0 unspecified atom stereocenters. The maximum Gasteiger partial charge on any atom is 0.271 e. The van der Waals surface area contributed by atoms with Crippen molar-refractivity contribution in [1.29, 1.82) is 0 Å². The van der Waals surface area contributed by atoms with Crippen molar-refractivity contribution in [2.75, 3.05) is 24.4 Å². The van der Waals surface area contributed by atoms with Gasteiger partial charge in [-0.15, -0.1) is 0 Å². The molecule has 0 saturated heterocycles. The van der Waals surface area contributed by atoms with Crippen LogP contribution in [0, 0.1) is 13.8 Å². The predicted molar refractivity (Wildman–Crippen MR) is 121 cm³/mol. The number of halogens is 1. The smallest absolute Gasteiger partial charge is 0.271 e. The average Bonchev–Trinajstić information content (AvgIpc) is 2.71. The van der Waals surface area contributed by atoms with Crippen molar-refractivity contribution >= 4 is 50.5 Å². The minimum Gasteiger partial charge on any atom is -0.321 e. The minimum absolute atomic E-state index is 0.104. The van der Waals surface area contributed by atoms with E-state index in [-0.39, 0.29) is 29.4 Å². The third kappa shape index (κ3) is 4.79. The van der Waals surface area contributed by atoms with E-state index in [2.05, 4.69) is 10.4 Å². The lowest BCUT2D eigenvalue weighted by Gasteiger charge is -2.23. The first kappa shape index (κ1) is 22.9. The summed E-state index contributed by atoms with van der Waals surface area (Å²) in [6.45, 7) is 3.53. The molecule has 1 aliphatic rings. The standard InChI is InChI=1S/C21H23ClN4O4S/c1-13-6-8-16(12-17(13)22)26-20(27)10-9-18(24-26)21(28)23-15-7-5-14(2)19(11-15)31(29,30)25(3)4/h5-8,11-12H,9-10H2,1-4H3,(H,23,28). The van der Waals surface area contributed by atoms with Crippen LogP contribution in [-0.2, 0) is 19.6 Å². The summed E-state index contributed by atoms with van der Waals surface area (Å²) in [5.41, 5.74) is 2.38. The number of nitrogens with one attached hydrogen (secondary N) is 1. The Labute approximate surface area is 186 Å². The molecule has 164 valence electrons. The number of aryl methyl sites for hydroxylation is 2. The van der Waals surface area contributed by atoms with E-state index >= 15 is 0 Å². The number of sulfonamides is 1. The highest BCUT2D eigenvalue weighted by atomic mass is 35.5. The maximum absolute atomic E-state index is 12.8. The van der Waals surface area contributed by atoms with Crippen LogP contribution in [0.25, 0.3) is 0 Å². The van der Waals surface area contributed by atoms with Gasteiger partial charge in [0.25, 0.3) is 5.91 Å². The summed E-state index contributed by atoms with van der Waals surface area (Å²) < 4.78 is 26.1. The molecule has 0 aliphatic carbocycles. The second-order valence-electron chi connectivity index (χ2n) is 7.41. The van der Waals surface area contributed by atoms with Crippen molar-refractivity contribution in [2.24, 2.45) is 5.10 Å². The Balaban J connectivity index is 1.88. The molecule has 0 bridgehead atoms. The van der Waals surface area contributed by atoms with Crippen molar-refractivity contribution in [3.05, 3.63) is 52.5 Å². The third-order valence-electron chi connectivity index (χ3n) is 4.90. The van der Waals surface area contributed by atoms with Gasteiger partial charge in [0.2, 0.25) is 15.9 Å². The van der Waals surface area contributed by atoms with E-state index in [0.717, 1.165) is 9.87 Å². The lowest BCUT2D eigenvalue weighted by atomic mass is 10.1. The van der Waals surface area contributed by atoms with Gasteiger partial charge in [0.15, 0.2) is 0 Å². The average molecular weight is 463 g/mol. The number of carbonyl (C=O) groups is 2. The van der Waals surface area contributed by atoms with Crippen LogP contribution in [0.4, 0.5) is 11.4 Å². The van der Waals surface area contributed by atoms with Crippen LogP contribution in [-0.4, -0.2) is 44.3 Å². The normalized spacial score (nSPS) is 14.6. The van der Waals surface area contributed by atoms with Crippen LogP contribution in [0.15, 0.2) is 46.4 Å². The molecule has 1 aliphatic heterocycles. The van der Waals surface area contributed by atoms with Crippen LogP contribution in [0.3, 0.4) is 0 Å². The largest absolute Gasteiger partial charge is 0.321 e. The Hall–Kier alpha value is -2.75. The molecule has 10 heteroatoms. The summed E-state index contributed by atoms with van der Waals surface area (Å²) in [7, 11) is -0.776. The van der Waals surface area contributed by atoms with E-state index in [4.69, 9.17) is 11.6 Å². The van der Waals surface area contributed by atoms with E-state index < -0.39 is 15.9 Å². The molecule has 0 radical (unpaired) electrons. The molecule has 2 amide bonds. The Morgan fingerprint density at radius 3 is 2.42 bits per heavy atom. The molecular weight excluding hydrogens is 440 g/mol. The van der Waals surface area contributed by atoms with Gasteiger partial charge in [-0.05, 0) is 49.2 Å². The first-order valence-electron chi connectivity index (χ1n) is 9.52. The maximum atomic E-state index is 12.8. The molecule has 0 saturated carbocycles. The summed E-state index contributed by atoms with van der Waals surface area (Å²) in [6, 6.07) is 9.76. The number of hydrazone groups is 1. The van der Waals surface area contributed by atoms with Gasteiger partial charge in [-0.1, -0.05) is 23.7 Å². The summed E-state index contributed by atoms with van der Waals surface area (Å²) in [4.78, 5) is 25.2. The topological polar surface area (TPSA) is 99.2 Å². The Morgan fingerprint density at radius 2 is 1.77 bits per heavy atom. The minimum atomic E-state index is -3.66. The zero-order chi connectivity index (χ0) is 22.9. The Morgan fingerprint density at radius 1 is 1.10 bits per heavy atom. The van der Waals surface area contributed by atoms with E-state index in [9.17, 15) is 18.0 Å². The van der Waals surface area contributed by atoms with E-state index in [1.807, 2.05) is 6.92 Å². The number of amides is 2. The van der Waals surface area contributed by atoms with Crippen molar-refractivity contribution in [2.45, 2.75) is 31.6 Å². The number of anilines is 2. The first-order valence-corrected chi connectivity index (χ1v) is 11.3. The van der Waals surface area contributed by atoms with Gasteiger partial charge < -0.3 is 5.32 Å². The van der Waals surface area contributed by atoms with Gasteiger partial charge >= 0.3 is 0 Å². The monoisotopic (exact) mass is 462 g/mol. The van der Waals surface area contributed by atoms with E-state index in [0.29, 0.717) is 22.0 Å². The first-order chi connectivity index (χ1) is 14.5. The molecule has 2 aromatic rings. The van der Waals surface area contributed by atoms with Crippen molar-refractivity contribution in [3.8, 4) is 0 Å². The van der Waals surface area contributed by atoms with Crippen LogP contribution >= 0.6 is 11.6 Å². The summed E-state index contributed by atoms with van der Waals surface area (Å²) in [5, 5.41) is 8.56. The summed E-state index contributed by atoms with van der Waals surface area (Å²) >= 11 is 6.16. The highest BCUT2D eigenvalue weighted by Gasteiger charge is 2.27. The Bertz CT molecular complexity index is 1190. The molecule has 0 aromatic heterocycles. The Kier molecular flexibility index (Phi) is 6.49. The van der Waals surface area contributed by atoms with Gasteiger partial charge in [0.05, 0.1) is 10.6 Å². The van der Waals surface area contributed by atoms with Crippen LogP contribution in [0.2, 0.25) is 5.02 Å². The van der Waals surface area contributed by atoms with Crippen LogP contribution in [0.5, 0.6) is 0 Å². The number of nitrogens with zero attached hydrogens (tertiary/aromatic N) is 3. The van der Waals surface area contributed by atoms with Gasteiger partial charge in [0.1, 0.15) is 5.71 Å². The van der Waals surface area contributed by atoms with E-state index in [1.165, 1.54) is 25.2 Å². The van der Waals surface area contributed by atoms with Crippen LogP contribution in [0.1, 0.15) is 24.0 Å². The molecule has 31 heavy (non-hydrogen) atoms.